The van der Waals surface area contributed by atoms with Crippen LogP contribution in [0.25, 0.3) is 0 Å². The minimum atomic E-state index is -0.745. The van der Waals surface area contributed by atoms with Crippen molar-refractivity contribution in [3.8, 4) is 5.75 Å². The molecule has 1 aliphatic rings. The molecule has 1 saturated heterocycles. The predicted molar refractivity (Wildman–Crippen MR) is 94.8 cm³/mol. The first-order valence-corrected chi connectivity index (χ1v) is 8.76. The number of aryl methyl sites for hydroxylation is 1. The third kappa shape index (κ3) is 3.58. The number of halogens is 2. The summed E-state index contributed by atoms with van der Waals surface area (Å²) in [7, 11) is 0. The maximum absolute atomic E-state index is 13.7. The molecule has 0 unspecified atom stereocenters. The average Bonchev–Trinajstić information content (AvgIpc) is 3.10. The number of nitrogens with zero attached hydrogens (tertiary/aromatic N) is 3. The Morgan fingerprint density at radius 3 is 2.82 bits per heavy atom. The monoisotopic (exact) mass is 385 g/mol. The van der Waals surface area contributed by atoms with Gasteiger partial charge in [-0.05, 0) is 36.8 Å². The fourth-order valence-electron chi connectivity index (χ4n) is 2.99. The smallest absolute Gasteiger partial charge is 0.264 e. The van der Waals surface area contributed by atoms with E-state index in [0.29, 0.717) is 24.8 Å². The molecule has 1 fully saturated rings. The Morgan fingerprint density at radius 2 is 2.04 bits per heavy atom. The molecule has 28 heavy (non-hydrogen) atoms. The number of amides is 1. The van der Waals surface area contributed by atoms with Crippen molar-refractivity contribution in [2.24, 2.45) is 0 Å². The minimum Gasteiger partial charge on any atom is -0.483 e. The Bertz CT molecular complexity index is 1020. The highest BCUT2D eigenvalue weighted by atomic mass is 19.1. The van der Waals surface area contributed by atoms with Gasteiger partial charge in [0.05, 0.1) is 11.5 Å². The highest BCUT2D eigenvalue weighted by molar-refractivity contribution is 5.95. The van der Waals surface area contributed by atoms with E-state index < -0.39 is 17.5 Å². The summed E-state index contributed by atoms with van der Waals surface area (Å²) >= 11 is 0. The van der Waals surface area contributed by atoms with Gasteiger partial charge in [0.2, 0.25) is 0 Å². The van der Waals surface area contributed by atoms with E-state index in [1.54, 1.807) is 0 Å². The van der Waals surface area contributed by atoms with E-state index in [9.17, 15) is 13.6 Å². The summed E-state index contributed by atoms with van der Waals surface area (Å²) in [5.74, 6) is -0.536. The highest BCUT2D eigenvalue weighted by Gasteiger charge is 2.36. The van der Waals surface area contributed by atoms with Gasteiger partial charge in [-0.25, -0.2) is 8.78 Å². The van der Waals surface area contributed by atoms with Gasteiger partial charge >= 0.3 is 0 Å². The molecule has 6 nitrogen and oxygen atoms in total. The molecule has 1 aromatic heterocycles. The molecule has 2 heterocycles. The largest absolute Gasteiger partial charge is 0.483 e. The van der Waals surface area contributed by atoms with Crippen molar-refractivity contribution >= 4 is 5.91 Å². The molecule has 0 spiro atoms. The molecular weight excluding hydrogens is 368 g/mol. The summed E-state index contributed by atoms with van der Waals surface area (Å²) in [5, 5.41) is 3.93. The van der Waals surface area contributed by atoms with Crippen molar-refractivity contribution < 1.29 is 22.8 Å². The Hall–Kier alpha value is -3.29. The average molecular weight is 385 g/mol. The number of carbonyl (C=O) groups excluding carboxylic acids is 1. The first kappa shape index (κ1) is 18.1. The van der Waals surface area contributed by atoms with Crippen molar-refractivity contribution in [1.82, 2.24) is 15.0 Å². The molecule has 1 amide bonds. The van der Waals surface area contributed by atoms with E-state index in [-0.39, 0.29) is 18.1 Å². The minimum absolute atomic E-state index is 0.114. The number of para-hydroxylation sites is 1. The molecule has 144 valence electrons. The van der Waals surface area contributed by atoms with Crippen LogP contribution in [0.15, 0.2) is 47.0 Å². The van der Waals surface area contributed by atoms with Crippen molar-refractivity contribution in [1.29, 1.82) is 0 Å². The Morgan fingerprint density at radius 1 is 1.25 bits per heavy atom. The van der Waals surface area contributed by atoms with Crippen molar-refractivity contribution in [2.75, 3.05) is 13.1 Å². The van der Waals surface area contributed by atoms with Crippen LogP contribution in [-0.4, -0.2) is 34.0 Å². The van der Waals surface area contributed by atoms with E-state index in [1.165, 1.54) is 4.90 Å². The summed E-state index contributed by atoms with van der Waals surface area (Å²) in [4.78, 5) is 18.0. The predicted octanol–water partition coefficient (Wildman–Crippen LogP) is 3.47. The molecule has 0 saturated carbocycles. The van der Waals surface area contributed by atoms with Crippen LogP contribution < -0.4 is 4.74 Å². The number of carbonyl (C=O) groups is 1. The van der Waals surface area contributed by atoms with Crippen LogP contribution in [0, 0.1) is 18.6 Å². The maximum atomic E-state index is 13.7. The van der Waals surface area contributed by atoms with E-state index in [0.717, 1.165) is 29.5 Å². The molecule has 4 rings (SSSR count). The lowest BCUT2D eigenvalue weighted by Gasteiger charge is -2.37. The summed E-state index contributed by atoms with van der Waals surface area (Å²) in [6.45, 7) is 2.70. The zero-order valence-corrected chi connectivity index (χ0v) is 15.1. The number of ether oxygens (including phenoxy) is 1. The van der Waals surface area contributed by atoms with Crippen molar-refractivity contribution in [3.63, 3.8) is 0 Å². The van der Waals surface area contributed by atoms with Gasteiger partial charge < -0.3 is 14.2 Å². The van der Waals surface area contributed by atoms with Gasteiger partial charge in [0.1, 0.15) is 17.4 Å². The summed E-state index contributed by atoms with van der Waals surface area (Å²) in [6, 6.07) is 10.4. The van der Waals surface area contributed by atoms with E-state index in [2.05, 4.69) is 10.1 Å². The fraction of sp³-hybridized carbons (Fsp3) is 0.250. The van der Waals surface area contributed by atoms with Crippen LogP contribution in [0.4, 0.5) is 8.78 Å². The molecule has 0 N–H and O–H groups in total. The van der Waals surface area contributed by atoms with Crippen LogP contribution >= 0.6 is 0 Å². The lowest BCUT2D eigenvalue weighted by atomic mass is 9.98. The Balaban J connectivity index is 1.34. The second kappa shape index (κ2) is 7.38. The lowest BCUT2D eigenvalue weighted by molar-refractivity contribution is 0.0587. The van der Waals surface area contributed by atoms with Crippen LogP contribution in [0.5, 0.6) is 5.75 Å². The zero-order valence-electron chi connectivity index (χ0n) is 15.1. The van der Waals surface area contributed by atoms with Gasteiger partial charge in [-0.15, -0.1) is 0 Å². The number of likely N-dealkylation sites (tertiary alicyclic amines) is 1. The topological polar surface area (TPSA) is 68.5 Å². The van der Waals surface area contributed by atoms with E-state index >= 15 is 0 Å². The third-order valence-corrected chi connectivity index (χ3v) is 4.62. The van der Waals surface area contributed by atoms with Gasteiger partial charge in [0, 0.05) is 13.1 Å². The second-order valence-electron chi connectivity index (χ2n) is 6.63. The lowest BCUT2D eigenvalue weighted by Crippen LogP contribution is -2.49. The Labute approximate surface area is 159 Å². The van der Waals surface area contributed by atoms with E-state index in [4.69, 9.17) is 9.26 Å². The standard InChI is InChI=1S/C20H17F2N3O3/c1-12-4-2-3-5-17(12)27-11-18-23-19(24-28-18)13-9-25(10-13)20(26)15-8-14(21)6-7-16(15)22/h2-8,13H,9-11H2,1H3. The molecule has 0 radical (unpaired) electrons. The molecule has 3 aromatic rings. The van der Waals surface area contributed by atoms with Crippen LogP contribution in [0.1, 0.15) is 33.6 Å². The third-order valence-electron chi connectivity index (χ3n) is 4.62. The van der Waals surface area contributed by atoms with Crippen LogP contribution in [0.2, 0.25) is 0 Å². The first-order chi connectivity index (χ1) is 13.5. The fourth-order valence-corrected chi connectivity index (χ4v) is 2.99. The number of hydrogen-bond donors (Lipinski definition) is 0. The number of aromatic nitrogens is 2. The van der Waals surface area contributed by atoms with Gasteiger partial charge in [0.15, 0.2) is 12.4 Å². The molecule has 1 aliphatic heterocycles. The van der Waals surface area contributed by atoms with Gasteiger partial charge in [-0.1, -0.05) is 23.4 Å². The number of hydrogen-bond acceptors (Lipinski definition) is 5. The molecular formula is C20H17F2N3O3. The summed E-state index contributed by atoms with van der Waals surface area (Å²) < 4.78 is 37.9. The second-order valence-corrected chi connectivity index (χ2v) is 6.63. The van der Waals surface area contributed by atoms with Crippen molar-refractivity contribution in [2.45, 2.75) is 19.4 Å². The van der Waals surface area contributed by atoms with Gasteiger partial charge in [-0.3, -0.25) is 4.79 Å². The molecule has 0 aliphatic carbocycles. The first-order valence-electron chi connectivity index (χ1n) is 8.76. The molecule has 0 bridgehead atoms. The quantitative estimate of drug-likeness (QED) is 0.673. The summed E-state index contributed by atoms with van der Waals surface area (Å²) in [6.07, 6.45) is 0. The SMILES string of the molecule is Cc1ccccc1OCc1nc(C2CN(C(=O)c3cc(F)ccc3F)C2)no1. The number of rotatable bonds is 5. The zero-order chi connectivity index (χ0) is 19.7. The van der Waals surface area contributed by atoms with Crippen LogP contribution in [-0.2, 0) is 6.61 Å². The molecule has 2 aromatic carbocycles. The van der Waals surface area contributed by atoms with Crippen LogP contribution in [0.3, 0.4) is 0 Å². The highest BCUT2D eigenvalue weighted by Crippen LogP contribution is 2.27. The number of benzene rings is 2. The molecule has 8 heteroatoms. The maximum Gasteiger partial charge on any atom is 0.264 e. The van der Waals surface area contributed by atoms with Crippen molar-refractivity contribution in [3.05, 3.63) is 76.9 Å². The van der Waals surface area contributed by atoms with E-state index in [1.807, 2.05) is 31.2 Å². The summed E-state index contributed by atoms with van der Waals surface area (Å²) in [5.41, 5.74) is 0.721. The molecule has 0 atom stereocenters. The Kier molecular flexibility index (Phi) is 4.77. The van der Waals surface area contributed by atoms with Gasteiger partial charge in [0.25, 0.3) is 11.8 Å². The van der Waals surface area contributed by atoms with Gasteiger partial charge in [-0.2, -0.15) is 4.98 Å². The normalized spacial score (nSPS) is 14.0.